The summed E-state index contributed by atoms with van der Waals surface area (Å²) in [4.78, 5) is 11.3. The second kappa shape index (κ2) is 6.48. The Morgan fingerprint density at radius 2 is 1.68 bits per heavy atom. The third-order valence-corrected chi connectivity index (χ3v) is 4.78. The van der Waals surface area contributed by atoms with Crippen LogP contribution in [0.4, 0.5) is 5.69 Å². The first-order chi connectivity index (χ1) is 10.4. The number of nitrogens with two attached hydrogens (primary N) is 1. The van der Waals surface area contributed by atoms with Crippen LogP contribution in [0.15, 0.2) is 59.5 Å². The highest BCUT2D eigenvalue weighted by Gasteiger charge is 2.26. The molecule has 0 saturated heterocycles. The predicted octanol–water partition coefficient (Wildman–Crippen LogP) is 1.38. The number of carbonyl (C=O) groups excluding carboxylic acids is 1. The molecule has 7 heteroatoms. The van der Waals surface area contributed by atoms with Crippen molar-refractivity contribution in [3.63, 3.8) is 0 Å². The van der Waals surface area contributed by atoms with Gasteiger partial charge in [0.25, 0.3) is 10.0 Å². The molecule has 2 rings (SSSR count). The van der Waals surface area contributed by atoms with Crippen LogP contribution in [0.5, 0.6) is 5.75 Å². The summed E-state index contributed by atoms with van der Waals surface area (Å²) in [6.45, 7) is -0.432. The van der Waals surface area contributed by atoms with Crippen molar-refractivity contribution in [3.05, 3.63) is 54.6 Å². The number of rotatable bonds is 6. The van der Waals surface area contributed by atoms with Crippen molar-refractivity contribution in [2.45, 2.75) is 4.90 Å². The van der Waals surface area contributed by atoms with Crippen molar-refractivity contribution in [2.24, 2.45) is 5.73 Å². The van der Waals surface area contributed by atoms with Crippen molar-refractivity contribution >= 4 is 21.6 Å². The van der Waals surface area contributed by atoms with Gasteiger partial charge in [-0.1, -0.05) is 18.2 Å². The zero-order valence-corrected chi connectivity index (χ0v) is 12.8. The largest absolute Gasteiger partial charge is 0.497 e. The van der Waals surface area contributed by atoms with Gasteiger partial charge in [-0.3, -0.25) is 9.10 Å². The van der Waals surface area contributed by atoms with E-state index in [0.717, 1.165) is 4.31 Å². The lowest BCUT2D eigenvalue weighted by molar-refractivity contribution is -0.116. The summed E-state index contributed by atoms with van der Waals surface area (Å²) in [6.07, 6.45) is 0. The molecular formula is C15H16N2O4S. The highest BCUT2D eigenvalue weighted by molar-refractivity contribution is 7.92. The van der Waals surface area contributed by atoms with E-state index in [2.05, 4.69) is 0 Å². The molecule has 0 aromatic heterocycles. The third-order valence-electron chi connectivity index (χ3n) is 2.99. The Hall–Kier alpha value is -2.54. The fourth-order valence-electron chi connectivity index (χ4n) is 1.93. The number of benzene rings is 2. The zero-order valence-electron chi connectivity index (χ0n) is 12.0. The van der Waals surface area contributed by atoms with Gasteiger partial charge < -0.3 is 10.5 Å². The van der Waals surface area contributed by atoms with Gasteiger partial charge in [0.05, 0.1) is 17.7 Å². The van der Waals surface area contributed by atoms with Crippen molar-refractivity contribution in [3.8, 4) is 5.75 Å². The summed E-state index contributed by atoms with van der Waals surface area (Å²) in [5, 5.41) is 0. The van der Waals surface area contributed by atoms with Crippen molar-refractivity contribution in [1.82, 2.24) is 0 Å². The summed E-state index contributed by atoms with van der Waals surface area (Å²) in [7, 11) is -2.40. The van der Waals surface area contributed by atoms with Crippen LogP contribution >= 0.6 is 0 Å². The molecule has 0 aliphatic rings. The molecule has 0 atom stereocenters. The lowest BCUT2D eigenvalue weighted by Gasteiger charge is -2.23. The summed E-state index contributed by atoms with van der Waals surface area (Å²) in [5.41, 5.74) is 5.56. The van der Waals surface area contributed by atoms with Gasteiger partial charge >= 0.3 is 0 Å². The van der Waals surface area contributed by atoms with Crippen molar-refractivity contribution in [1.29, 1.82) is 0 Å². The molecule has 0 spiro atoms. The van der Waals surface area contributed by atoms with E-state index < -0.39 is 22.5 Å². The average Bonchev–Trinajstić information content (AvgIpc) is 2.53. The molecule has 2 N–H and O–H groups in total. The first kappa shape index (κ1) is 15.8. The molecule has 2 aromatic rings. The Morgan fingerprint density at radius 3 is 2.18 bits per heavy atom. The second-order valence-electron chi connectivity index (χ2n) is 4.49. The zero-order chi connectivity index (χ0) is 16.2. The Kier molecular flexibility index (Phi) is 4.67. The maximum Gasteiger partial charge on any atom is 0.264 e. The van der Waals surface area contributed by atoms with Crippen LogP contribution < -0.4 is 14.8 Å². The topological polar surface area (TPSA) is 89.7 Å². The number of sulfonamides is 1. The minimum absolute atomic E-state index is 0.0541. The van der Waals surface area contributed by atoms with E-state index in [1.807, 2.05) is 0 Å². The van der Waals surface area contributed by atoms with Crippen LogP contribution in [0, 0.1) is 0 Å². The van der Waals surface area contributed by atoms with Gasteiger partial charge in [-0.2, -0.15) is 0 Å². The highest BCUT2D eigenvalue weighted by atomic mass is 32.2. The maximum absolute atomic E-state index is 12.7. The molecule has 0 saturated carbocycles. The monoisotopic (exact) mass is 320 g/mol. The predicted molar refractivity (Wildman–Crippen MR) is 83.2 cm³/mol. The minimum Gasteiger partial charge on any atom is -0.497 e. The maximum atomic E-state index is 12.7. The molecule has 6 nitrogen and oxygen atoms in total. The molecule has 0 aliphatic carbocycles. The molecule has 0 bridgehead atoms. The SMILES string of the molecule is COc1ccc(S(=O)(=O)N(CC(N)=O)c2ccccc2)cc1. The van der Waals surface area contributed by atoms with Crippen LogP contribution in [-0.4, -0.2) is 28.0 Å². The quantitative estimate of drug-likeness (QED) is 0.870. The Labute approximate surface area is 129 Å². The number of amides is 1. The molecule has 0 aliphatic heterocycles. The lowest BCUT2D eigenvalue weighted by Crippen LogP contribution is -2.38. The van der Waals surface area contributed by atoms with Gasteiger partial charge in [-0.15, -0.1) is 0 Å². The van der Waals surface area contributed by atoms with E-state index in [0.29, 0.717) is 11.4 Å². The van der Waals surface area contributed by atoms with E-state index in [1.54, 1.807) is 42.5 Å². The van der Waals surface area contributed by atoms with Crippen LogP contribution in [-0.2, 0) is 14.8 Å². The average molecular weight is 320 g/mol. The van der Waals surface area contributed by atoms with Gasteiger partial charge in [0.1, 0.15) is 12.3 Å². The standard InChI is InChI=1S/C15H16N2O4S/c1-21-13-7-9-14(10-8-13)22(19,20)17(11-15(16)18)12-5-3-2-4-6-12/h2-10H,11H2,1H3,(H2,16,18). The third kappa shape index (κ3) is 3.37. The molecule has 2 aromatic carbocycles. The van der Waals surface area contributed by atoms with E-state index in [4.69, 9.17) is 10.5 Å². The van der Waals surface area contributed by atoms with E-state index in [-0.39, 0.29) is 4.90 Å². The van der Waals surface area contributed by atoms with Gasteiger partial charge in [0.15, 0.2) is 0 Å². The van der Waals surface area contributed by atoms with Crippen LogP contribution in [0.25, 0.3) is 0 Å². The van der Waals surface area contributed by atoms with Gasteiger partial charge in [-0.25, -0.2) is 8.42 Å². The van der Waals surface area contributed by atoms with E-state index >= 15 is 0 Å². The molecule has 0 heterocycles. The first-order valence-corrected chi connectivity index (χ1v) is 7.89. The molecular weight excluding hydrogens is 304 g/mol. The number of methoxy groups -OCH3 is 1. The van der Waals surface area contributed by atoms with Crippen LogP contribution in [0.2, 0.25) is 0 Å². The lowest BCUT2D eigenvalue weighted by atomic mass is 10.3. The molecule has 22 heavy (non-hydrogen) atoms. The highest BCUT2D eigenvalue weighted by Crippen LogP contribution is 2.24. The molecule has 0 radical (unpaired) electrons. The number of hydrogen-bond acceptors (Lipinski definition) is 4. The second-order valence-corrected chi connectivity index (χ2v) is 6.35. The van der Waals surface area contributed by atoms with Crippen molar-refractivity contribution in [2.75, 3.05) is 18.0 Å². The van der Waals surface area contributed by atoms with Gasteiger partial charge in [0.2, 0.25) is 5.91 Å². The van der Waals surface area contributed by atoms with Crippen molar-refractivity contribution < 1.29 is 17.9 Å². The summed E-state index contributed by atoms with van der Waals surface area (Å²) in [6, 6.07) is 14.3. The first-order valence-electron chi connectivity index (χ1n) is 6.45. The van der Waals surface area contributed by atoms with E-state index in [1.165, 1.54) is 19.2 Å². The van der Waals surface area contributed by atoms with Crippen LogP contribution in [0.1, 0.15) is 0 Å². The van der Waals surface area contributed by atoms with E-state index in [9.17, 15) is 13.2 Å². The molecule has 0 unspecified atom stereocenters. The smallest absolute Gasteiger partial charge is 0.264 e. The number of anilines is 1. The number of nitrogens with zero attached hydrogens (tertiary/aromatic N) is 1. The Balaban J connectivity index is 2.46. The Bertz CT molecular complexity index is 743. The van der Waals surface area contributed by atoms with Gasteiger partial charge in [-0.05, 0) is 36.4 Å². The fourth-order valence-corrected chi connectivity index (χ4v) is 3.36. The normalized spacial score (nSPS) is 11.0. The molecule has 0 fully saturated rings. The Morgan fingerprint density at radius 1 is 1.09 bits per heavy atom. The molecule has 1 amide bonds. The summed E-state index contributed by atoms with van der Waals surface area (Å²) < 4.78 is 31.5. The molecule has 116 valence electrons. The number of primary amides is 1. The fraction of sp³-hybridized carbons (Fsp3) is 0.133. The number of carbonyl (C=O) groups is 1. The van der Waals surface area contributed by atoms with Gasteiger partial charge in [0, 0.05) is 0 Å². The number of ether oxygens (including phenoxy) is 1. The number of hydrogen-bond donors (Lipinski definition) is 1. The van der Waals surface area contributed by atoms with Crippen LogP contribution in [0.3, 0.4) is 0 Å². The summed E-state index contributed by atoms with van der Waals surface area (Å²) in [5.74, 6) is -0.193. The minimum atomic E-state index is -3.90. The summed E-state index contributed by atoms with van der Waals surface area (Å²) >= 11 is 0. The number of para-hydroxylation sites is 1.